The van der Waals surface area contributed by atoms with Crippen LogP contribution in [0.4, 0.5) is 0 Å². The number of rotatable bonds is 0. The van der Waals surface area contributed by atoms with Gasteiger partial charge in [-0.1, -0.05) is 0 Å². The van der Waals surface area contributed by atoms with E-state index in [2.05, 4.69) is 0 Å². The molecule has 2 rings (SSSR count). The Balaban J connectivity index is 2.16. The summed E-state index contributed by atoms with van der Waals surface area (Å²) in [6.45, 7) is 0. The number of fused-ring (bicyclic) bond motifs is 2. The van der Waals surface area contributed by atoms with Gasteiger partial charge in [0.05, 0.1) is 0 Å². The largest absolute Gasteiger partial charge is 0.214 e. The lowest BCUT2D eigenvalue weighted by atomic mass is 10.0. The molecule has 0 aromatic rings. The average Bonchev–Trinajstić information content (AvgIpc) is 2.29. The first-order valence-electron chi connectivity index (χ1n) is 3.32. The van der Waals surface area contributed by atoms with Crippen LogP contribution in [0.15, 0.2) is 0 Å². The molecule has 46 valence electrons. The van der Waals surface area contributed by atoms with E-state index in [0.29, 0.717) is 0 Å². The second-order valence-electron chi connectivity index (χ2n) is 2.81. The first kappa shape index (κ1) is 5.07. The normalized spacial score (nSPS) is 46.1. The van der Waals surface area contributed by atoms with Crippen molar-refractivity contribution < 1.29 is 0 Å². The van der Waals surface area contributed by atoms with Gasteiger partial charge in [0.25, 0.3) is 0 Å². The quantitative estimate of drug-likeness (QED) is 0.453. The molecule has 0 aromatic heterocycles. The standard InChI is InChI=1S/C6H10ClN/c7-8-5-1-2-6(8)4-3-5/h5-6H,1-4H2. The van der Waals surface area contributed by atoms with Crippen LogP contribution in [-0.2, 0) is 0 Å². The van der Waals surface area contributed by atoms with Gasteiger partial charge in [-0.15, -0.1) is 0 Å². The minimum atomic E-state index is 0.738. The molecule has 0 amide bonds. The topological polar surface area (TPSA) is 3.24 Å². The van der Waals surface area contributed by atoms with Crippen LogP contribution < -0.4 is 0 Å². The molecular formula is C6H10ClN. The summed E-state index contributed by atoms with van der Waals surface area (Å²) in [5.74, 6) is 0. The highest BCUT2D eigenvalue weighted by molar-refractivity contribution is 6.14. The molecule has 1 nitrogen and oxygen atoms in total. The van der Waals surface area contributed by atoms with Gasteiger partial charge >= 0.3 is 0 Å². The maximum Gasteiger partial charge on any atom is 0.0255 e. The van der Waals surface area contributed by atoms with Gasteiger partial charge in [0.2, 0.25) is 0 Å². The lowest BCUT2D eigenvalue weighted by molar-refractivity contribution is 0.437. The fourth-order valence-electron chi connectivity index (χ4n) is 1.85. The maximum absolute atomic E-state index is 5.91. The third-order valence-corrected chi connectivity index (χ3v) is 2.92. The molecule has 2 heterocycles. The summed E-state index contributed by atoms with van der Waals surface area (Å²) in [6.07, 6.45) is 5.37. The molecule has 0 radical (unpaired) electrons. The molecule has 2 aliphatic rings. The second kappa shape index (κ2) is 1.61. The van der Waals surface area contributed by atoms with Crippen LogP contribution in [0.5, 0.6) is 0 Å². The van der Waals surface area contributed by atoms with E-state index < -0.39 is 0 Å². The van der Waals surface area contributed by atoms with Crippen molar-refractivity contribution in [2.24, 2.45) is 0 Å². The molecule has 2 aliphatic heterocycles. The van der Waals surface area contributed by atoms with Crippen molar-refractivity contribution in [3.8, 4) is 0 Å². The summed E-state index contributed by atoms with van der Waals surface area (Å²) in [5.41, 5.74) is 0. The summed E-state index contributed by atoms with van der Waals surface area (Å²) >= 11 is 5.91. The number of halogens is 1. The highest BCUT2D eigenvalue weighted by Gasteiger charge is 2.38. The monoisotopic (exact) mass is 131 g/mol. The Morgan fingerprint density at radius 3 is 1.50 bits per heavy atom. The maximum atomic E-state index is 5.91. The highest BCUT2D eigenvalue weighted by Crippen LogP contribution is 2.38. The minimum absolute atomic E-state index is 0.738. The van der Waals surface area contributed by atoms with Crippen LogP contribution in [0, 0.1) is 0 Å². The third-order valence-electron chi connectivity index (χ3n) is 2.36. The lowest BCUT2D eigenvalue weighted by Gasteiger charge is -2.08. The summed E-state index contributed by atoms with van der Waals surface area (Å²) in [7, 11) is 0. The van der Waals surface area contributed by atoms with E-state index in [1.807, 2.05) is 4.42 Å². The van der Waals surface area contributed by atoms with Gasteiger partial charge in [-0.25, -0.2) is 4.42 Å². The van der Waals surface area contributed by atoms with Crippen molar-refractivity contribution >= 4 is 11.8 Å². The van der Waals surface area contributed by atoms with Crippen molar-refractivity contribution in [2.45, 2.75) is 37.8 Å². The van der Waals surface area contributed by atoms with E-state index >= 15 is 0 Å². The number of hydrogen-bond donors (Lipinski definition) is 0. The van der Waals surface area contributed by atoms with Crippen molar-refractivity contribution in [1.82, 2.24) is 4.42 Å². The van der Waals surface area contributed by atoms with Crippen LogP contribution in [0.3, 0.4) is 0 Å². The van der Waals surface area contributed by atoms with E-state index in [1.54, 1.807) is 0 Å². The zero-order valence-corrected chi connectivity index (χ0v) is 5.56. The summed E-state index contributed by atoms with van der Waals surface area (Å²) < 4.78 is 2.03. The molecule has 0 N–H and O–H groups in total. The minimum Gasteiger partial charge on any atom is -0.214 e. The van der Waals surface area contributed by atoms with Gasteiger partial charge in [-0.3, -0.25) is 0 Å². The molecule has 0 spiro atoms. The summed E-state index contributed by atoms with van der Waals surface area (Å²) in [4.78, 5) is 0. The number of hydrogen-bond acceptors (Lipinski definition) is 1. The molecule has 0 aliphatic carbocycles. The molecule has 0 unspecified atom stereocenters. The molecule has 2 bridgehead atoms. The third kappa shape index (κ3) is 0.517. The molecule has 0 saturated carbocycles. The van der Waals surface area contributed by atoms with Gasteiger partial charge in [0, 0.05) is 12.1 Å². The fraction of sp³-hybridized carbons (Fsp3) is 1.00. The van der Waals surface area contributed by atoms with E-state index in [0.717, 1.165) is 12.1 Å². The van der Waals surface area contributed by atoms with Gasteiger partial charge < -0.3 is 0 Å². The van der Waals surface area contributed by atoms with Crippen molar-refractivity contribution in [1.29, 1.82) is 0 Å². The second-order valence-corrected chi connectivity index (χ2v) is 3.20. The van der Waals surface area contributed by atoms with E-state index in [4.69, 9.17) is 11.8 Å². The van der Waals surface area contributed by atoms with Crippen molar-refractivity contribution in [3.05, 3.63) is 0 Å². The molecule has 2 fully saturated rings. The zero-order chi connectivity index (χ0) is 5.56. The Bertz CT molecular complexity index is 84.7. The SMILES string of the molecule is ClN1C2CCC1CC2. The fourth-order valence-corrected chi connectivity index (χ4v) is 2.24. The van der Waals surface area contributed by atoms with Crippen LogP contribution in [0.2, 0.25) is 0 Å². The van der Waals surface area contributed by atoms with Gasteiger partial charge in [-0.05, 0) is 37.5 Å². The predicted octanol–water partition coefficient (Wildman–Crippen LogP) is 1.77. The molecule has 0 aromatic carbocycles. The van der Waals surface area contributed by atoms with Crippen LogP contribution in [0.1, 0.15) is 25.7 Å². The van der Waals surface area contributed by atoms with Crippen molar-refractivity contribution in [2.75, 3.05) is 0 Å². The van der Waals surface area contributed by atoms with Gasteiger partial charge in [0.1, 0.15) is 0 Å². The first-order chi connectivity index (χ1) is 3.88. The van der Waals surface area contributed by atoms with Crippen LogP contribution >= 0.6 is 11.8 Å². The Hall–Kier alpha value is 0.250. The first-order valence-corrected chi connectivity index (χ1v) is 3.66. The highest BCUT2D eigenvalue weighted by atomic mass is 35.5. The van der Waals surface area contributed by atoms with Crippen LogP contribution in [-0.4, -0.2) is 16.5 Å². The molecule has 2 saturated heterocycles. The zero-order valence-electron chi connectivity index (χ0n) is 4.81. The van der Waals surface area contributed by atoms with Gasteiger partial charge in [0.15, 0.2) is 0 Å². The molecule has 8 heavy (non-hydrogen) atoms. The summed E-state index contributed by atoms with van der Waals surface area (Å²) in [6, 6.07) is 1.48. The van der Waals surface area contributed by atoms with E-state index in [1.165, 1.54) is 25.7 Å². The molecule has 2 heteroatoms. The van der Waals surface area contributed by atoms with Crippen molar-refractivity contribution in [3.63, 3.8) is 0 Å². The summed E-state index contributed by atoms with van der Waals surface area (Å²) in [5, 5.41) is 0. The number of nitrogens with zero attached hydrogens (tertiary/aromatic N) is 1. The average molecular weight is 132 g/mol. The smallest absolute Gasteiger partial charge is 0.0255 e. The molecular weight excluding hydrogens is 122 g/mol. The predicted molar refractivity (Wildman–Crippen MR) is 33.7 cm³/mol. The van der Waals surface area contributed by atoms with E-state index in [9.17, 15) is 0 Å². The lowest BCUT2D eigenvalue weighted by Crippen LogP contribution is -2.16. The Morgan fingerprint density at radius 2 is 1.38 bits per heavy atom. The van der Waals surface area contributed by atoms with Gasteiger partial charge in [-0.2, -0.15) is 0 Å². The molecule has 0 atom stereocenters. The Labute approximate surface area is 54.7 Å². The van der Waals surface area contributed by atoms with Crippen LogP contribution in [0.25, 0.3) is 0 Å². The van der Waals surface area contributed by atoms with E-state index in [-0.39, 0.29) is 0 Å². The Kier molecular flexibility index (Phi) is 1.02. The Morgan fingerprint density at radius 1 is 1.00 bits per heavy atom.